The van der Waals surface area contributed by atoms with E-state index in [4.69, 9.17) is 0 Å². The lowest BCUT2D eigenvalue weighted by atomic mass is 9.94. The fraction of sp³-hybridized carbons (Fsp3) is 0.714. The molecule has 0 aliphatic rings. The summed E-state index contributed by atoms with van der Waals surface area (Å²) in [7, 11) is 0. The van der Waals surface area contributed by atoms with Gasteiger partial charge in [0.05, 0.1) is 5.76 Å². The van der Waals surface area contributed by atoms with Gasteiger partial charge in [-0.05, 0) is 50.9 Å². The van der Waals surface area contributed by atoms with Gasteiger partial charge in [0, 0.05) is 5.92 Å². The highest BCUT2D eigenvalue weighted by Crippen LogP contribution is 2.20. The van der Waals surface area contributed by atoms with Crippen LogP contribution in [0.25, 0.3) is 0 Å². The van der Waals surface area contributed by atoms with E-state index in [1.807, 2.05) is 6.92 Å². The van der Waals surface area contributed by atoms with Crippen LogP contribution in [0.4, 0.5) is 0 Å². The van der Waals surface area contributed by atoms with Gasteiger partial charge in [-0.1, -0.05) is 64.3 Å². The van der Waals surface area contributed by atoms with E-state index < -0.39 is 0 Å². The van der Waals surface area contributed by atoms with E-state index in [1.54, 1.807) is 0 Å². The molecule has 3 unspecified atom stereocenters. The third-order valence-corrected chi connectivity index (χ3v) is 4.69. The number of rotatable bonds is 13. The Hall–Kier alpha value is -0.980. The standard InChI is InChI=1S/C21H38O/c1-7-17(2)11-8-12-18(3)13-9-14-19(4)15-10-16-20(5)21(6)22/h7,15,17-18,20,22H,1,6,8-14,16H2,2-5H3/b19-15+. The maximum absolute atomic E-state index is 9.29. The Labute approximate surface area is 139 Å². The zero-order valence-corrected chi connectivity index (χ0v) is 15.4. The lowest BCUT2D eigenvalue weighted by Gasteiger charge is -2.12. The summed E-state index contributed by atoms with van der Waals surface area (Å²) in [5, 5.41) is 9.29. The summed E-state index contributed by atoms with van der Waals surface area (Å²) in [5.74, 6) is 2.02. The highest BCUT2D eigenvalue weighted by Gasteiger charge is 2.05. The van der Waals surface area contributed by atoms with Crippen molar-refractivity contribution in [3.8, 4) is 0 Å². The second-order valence-electron chi connectivity index (χ2n) is 7.16. The molecule has 0 fully saturated rings. The molecule has 3 atom stereocenters. The average molecular weight is 307 g/mol. The van der Waals surface area contributed by atoms with Gasteiger partial charge in [0.25, 0.3) is 0 Å². The monoisotopic (exact) mass is 306 g/mol. The van der Waals surface area contributed by atoms with E-state index in [-0.39, 0.29) is 5.92 Å². The van der Waals surface area contributed by atoms with E-state index in [2.05, 4.69) is 46.1 Å². The summed E-state index contributed by atoms with van der Waals surface area (Å²) in [4.78, 5) is 0. The van der Waals surface area contributed by atoms with Gasteiger partial charge in [0.15, 0.2) is 0 Å². The zero-order chi connectivity index (χ0) is 17.0. The molecule has 0 saturated carbocycles. The normalized spacial score (nSPS) is 16.1. The number of aliphatic hydroxyl groups excluding tert-OH is 1. The van der Waals surface area contributed by atoms with Crippen molar-refractivity contribution in [3.05, 3.63) is 36.6 Å². The van der Waals surface area contributed by atoms with E-state index in [1.165, 1.54) is 44.1 Å². The summed E-state index contributed by atoms with van der Waals surface area (Å²) in [6, 6.07) is 0. The number of hydrogen-bond acceptors (Lipinski definition) is 1. The van der Waals surface area contributed by atoms with Crippen molar-refractivity contribution in [1.82, 2.24) is 0 Å². The Bertz CT molecular complexity index is 340. The van der Waals surface area contributed by atoms with Crippen LogP contribution in [0.1, 0.15) is 79.1 Å². The number of allylic oxidation sites excluding steroid dienone is 4. The first-order valence-electron chi connectivity index (χ1n) is 9.02. The van der Waals surface area contributed by atoms with Crippen molar-refractivity contribution < 1.29 is 5.11 Å². The largest absolute Gasteiger partial charge is 0.513 e. The molecular formula is C21H38O. The van der Waals surface area contributed by atoms with E-state index in [0.29, 0.717) is 11.7 Å². The first-order valence-corrected chi connectivity index (χ1v) is 9.02. The SMILES string of the molecule is C=CC(C)CCCC(C)CCC/C(C)=C/CCC(C)C(=C)O. The van der Waals surface area contributed by atoms with Crippen molar-refractivity contribution in [2.75, 3.05) is 0 Å². The second-order valence-corrected chi connectivity index (χ2v) is 7.16. The van der Waals surface area contributed by atoms with Crippen LogP contribution in [-0.4, -0.2) is 5.11 Å². The van der Waals surface area contributed by atoms with Gasteiger partial charge in [-0.2, -0.15) is 0 Å². The molecule has 0 radical (unpaired) electrons. The Kier molecular flexibility index (Phi) is 12.0. The van der Waals surface area contributed by atoms with Crippen LogP contribution in [0.3, 0.4) is 0 Å². The van der Waals surface area contributed by atoms with Gasteiger partial charge >= 0.3 is 0 Å². The van der Waals surface area contributed by atoms with Gasteiger partial charge in [-0.15, -0.1) is 6.58 Å². The fourth-order valence-corrected chi connectivity index (χ4v) is 2.63. The molecule has 1 N–H and O–H groups in total. The average Bonchev–Trinajstić information content (AvgIpc) is 2.46. The molecule has 0 aromatic rings. The van der Waals surface area contributed by atoms with Crippen LogP contribution < -0.4 is 0 Å². The van der Waals surface area contributed by atoms with Crippen LogP contribution in [0, 0.1) is 17.8 Å². The minimum absolute atomic E-state index is 0.210. The van der Waals surface area contributed by atoms with Crippen molar-refractivity contribution >= 4 is 0 Å². The molecular weight excluding hydrogens is 268 g/mol. The molecule has 0 bridgehead atoms. The van der Waals surface area contributed by atoms with Gasteiger partial charge in [-0.3, -0.25) is 0 Å². The number of hydrogen-bond donors (Lipinski definition) is 1. The maximum atomic E-state index is 9.29. The van der Waals surface area contributed by atoms with Crippen molar-refractivity contribution in [3.63, 3.8) is 0 Å². The van der Waals surface area contributed by atoms with Crippen LogP contribution in [0.5, 0.6) is 0 Å². The molecule has 0 amide bonds. The predicted molar refractivity (Wildman–Crippen MR) is 100 cm³/mol. The molecule has 0 aliphatic carbocycles. The van der Waals surface area contributed by atoms with E-state index in [0.717, 1.165) is 18.8 Å². The summed E-state index contributed by atoms with van der Waals surface area (Å²) in [5.41, 5.74) is 1.49. The van der Waals surface area contributed by atoms with Crippen LogP contribution in [-0.2, 0) is 0 Å². The summed E-state index contributed by atoms with van der Waals surface area (Å²) in [6.45, 7) is 16.3. The Morgan fingerprint density at radius 2 is 1.68 bits per heavy atom. The second kappa shape index (κ2) is 12.6. The van der Waals surface area contributed by atoms with E-state index in [9.17, 15) is 5.11 Å². The van der Waals surface area contributed by atoms with Gasteiger partial charge < -0.3 is 5.11 Å². The quantitative estimate of drug-likeness (QED) is 0.281. The molecule has 1 heteroatoms. The Morgan fingerprint density at radius 1 is 1.05 bits per heavy atom. The predicted octanol–water partition coefficient (Wildman–Crippen LogP) is 7.22. The Morgan fingerprint density at radius 3 is 2.27 bits per heavy atom. The molecule has 0 spiro atoms. The molecule has 0 aromatic heterocycles. The van der Waals surface area contributed by atoms with Crippen LogP contribution >= 0.6 is 0 Å². The summed E-state index contributed by atoms with van der Waals surface area (Å²) in [6.07, 6.45) is 14.2. The minimum atomic E-state index is 0.210. The first kappa shape index (κ1) is 21.0. The van der Waals surface area contributed by atoms with E-state index >= 15 is 0 Å². The highest BCUT2D eigenvalue weighted by molar-refractivity contribution is 4.98. The molecule has 0 rings (SSSR count). The molecule has 0 heterocycles. The molecule has 0 aromatic carbocycles. The molecule has 0 saturated heterocycles. The summed E-state index contributed by atoms with van der Waals surface area (Å²) < 4.78 is 0. The lowest BCUT2D eigenvalue weighted by molar-refractivity contribution is 0.335. The molecule has 0 aliphatic heterocycles. The van der Waals surface area contributed by atoms with Gasteiger partial charge in [-0.25, -0.2) is 0 Å². The molecule has 22 heavy (non-hydrogen) atoms. The molecule has 128 valence electrons. The third-order valence-electron chi connectivity index (χ3n) is 4.69. The Balaban J connectivity index is 3.71. The van der Waals surface area contributed by atoms with Gasteiger partial charge in [0.2, 0.25) is 0 Å². The zero-order valence-electron chi connectivity index (χ0n) is 15.4. The van der Waals surface area contributed by atoms with Crippen molar-refractivity contribution in [2.45, 2.75) is 79.1 Å². The lowest BCUT2D eigenvalue weighted by Crippen LogP contribution is -1.98. The van der Waals surface area contributed by atoms with Crippen molar-refractivity contribution in [2.24, 2.45) is 17.8 Å². The van der Waals surface area contributed by atoms with Crippen molar-refractivity contribution in [1.29, 1.82) is 0 Å². The van der Waals surface area contributed by atoms with Gasteiger partial charge in [0.1, 0.15) is 0 Å². The smallest absolute Gasteiger partial charge is 0.0879 e. The molecule has 1 nitrogen and oxygen atoms in total. The van der Waals surface area contributed by atoms with Crippen LogP contribution in [0.15, 0.2) is 36.6 Å². The summed E-state index contributed by atoms with van der Waals surface area (Å²) >= 11 is 0. The fourth-order valence-electron chi connectivity index (χ4n) is 2.63. The number of aliphatic hydroxyl groups is 1. The maximum Gasteiger partial charge on any atom is 0.0879 e. The van der Waals surface area contributed by atoms with Crippen LogP contribution in [0.2, 0.25) is 0 Å². The third kappa shape index (κ3) is 11.7. The highest BCUT2D eigenvalue weighted by atomic mass is 16.3. The first-order chi connectivity index (χ1) is 10.4. The topological polar surface area (TPSA) is 20.2 Å². The minimum Gasteiger partial charge on any atom is -0.513 e.